The van der Waals surface area contributed by atoms with E-state index in [1.165, 1.54) is 22.4 Å². The van der Waals surface area contributed by atoms with Crippen LogP contribution in [0.5, 0.6) is 0 Å². The Labute approximate surface area is 102 Å². The van der Waals surface area contributed by atoms with E-state index in [4.69, 9.17) is 0 Å². The fraction of sp³-hybridized carbons (Fsp3) is 0.500. The monoisotopic (exact) mass is 234 g/mol. The van der Waals surface area contributed by atoms with Crippen molar-refractivity contribution in [3.05, 3.63) is 29.3 Å². The van der Waals surface area contributed by atoms with E-state index in [-0.39, 0.29) is 0 Å². The highest BCUT2D eigenvalue weighted by Gasteiger charge is 2.20. The third kappa shape index (κ3) is 2.88. The van der Waals surface area contributed by atoms with Gasteiger partial charge in [-0.2, -0.15) is 0 Å². The minimum Gasteiger partial charge on any atom is -0.300 e. The van der Waals surface area contributed by atoms with Gasteiger partial charge in [-0.05, 0) is 38.3 Å². The normalized spacial score (nSPS) is 21.1. The molecular formula is C14H18OS. The predicted octanol–water partition coefficient (Wildman–Crippen LogP) is 3.91. The number of rotatable bonds is 2. The second-order valence-electron chi connectivity index (χ2n) is 4.64. The summed E-state index contributed by atoms with van der Waals surface area (Å²) in [5.74, 6) is 0.439. The van der Waals surface area contributed by atoms with Crippen molar-refractivity contribution in [2.75, 3.05) is 0 Å². The van der Waals surface area contributed by atoms with Crippen LogP contribution in [-0.4, -0.2) is 11.0 Å². The van der Waals surface area contributed by atoms with Crippen molar-refractivity contribution in [2.24, 2.45) is 0 Å². The van der Waals surface area contributed by atoms with E-state index in [0.29, 0.717) is 11.0 Å². The van der Waals surface area contributed by atoms with Crippen LogP contribution in [0.4, 0.5) is 0 Å². The molecule has 1 aromatic carbocycles. The van der Waals surface area contributed by atoms with E-state index in [2.05, 4.69) is 32.0 Å². The smallest absolute Gasteiger partial charge is 0.134 e. The average Bonchev–Trinajstić information content (AvgIpc) is 2.24. The molecule has 0 saturated heterocycles. The zero-order valence-corrected chi connectivity index (χ0v) is 10.8. The molecule has 0 N–H and O–H groups in total. The molecule has 16 heavy (non-hydrogen) atoms. The number of hydrogen-bond acceptors (Lipinski definition) is 2. The van der Waals surface area contributed by atoms with Gasteiger partial charge in [0.25, 0.3) is 0 Å². The highest BCUT2D eigenvalue weighted by Crippen LogP contribution is 2.34. The van der Waals surface area contributed by atoms with Crippen LogP contribution in [0.15, 0.2) is 23.1 Å². The van der Waals surface area contributed by atoms with E-state index >= 15 is 0 Å². The van der Waals surface area contributed by atoms with Crippen LogP contribution in [0.3, 0.4) is 0 Å². The molecule has 1 nitrogen and oxygen atoms in total. The Hall–Kier alpha value is -0.760. The Bertz CT molecular complexity index is 398. The zero-order valence-electron chi connectivity index (χ0n) is 9.95. The minimum absolute atomic E-state index is 0.439. The van der Waals surface area contributed by atoms with Gasteiger partial charge in [-0.1, -0.05) is 17.7 Å². The lowest BCUT2D eigenvalue weighted by atomic mass is 9.99. The van der Waals surface area contributed by atoms with Crippen LogP contribution in [-0.2, 0) is 4.79 Å². The van der Waals surface area contributed by atoms with Crippen molar-refractivity contribution in [3.8, 4) is 0 Å². The summed E-state index contributed by atoms with van der Waals surface area (Å²) < 4.78 is 0. The SMILES string of the molecule is Cc1ccc(C)c(SC2CCCC(=O)C2)c1. The molecule has 86 valence electrons. The van der Waals surface area contributed by atoms with Gasteiger partial charge in [0, 0.05) is 23.0 Å². The largest absolute Gasteiger partial charge is 0.300 e. The van der Waals surface area contributed by atoms with E-state index in [1.807, 2.05) is 11.8 Å². The summed E-state index contributed by atoms with van der Waals surface area (Å²) in [5.41, 5.74) is 2.63. The lowest BCUT2D eigenvalue weighted by molar-refractivity contribution is -0.120. The number of Topliss-reactive ketones (excluding diaryl/α,β-unsaturated/α-hetero) is 1. The van der Waals surface area contributed by atoms with E-state index < -0.39 is 0 Å². The van der Waals surface area contributed by atoms with E-state index in [9.17, 15) is 4.79 Å². The van der Waals surface area contributed by atoms with Crippen molar-refractivity contribution < 1.29 is 4.79 Å². The van der Waals surface area contributed by atoms with Crippen molar-refractivity contribution in [2.45, 2.75) is 49.7 Å². The molecule has 0 radical (unpaired) electrons. The fourth-order valence-electron chi connectivity index (χ4n) is 2.10. The highest BCUT2D eigenvalue weighted by molar-refractivity contribution is 8.00. The maximum atomic E-state index is 11.4. The first kappa shape index (κ1) is 11.7. The first-order valence-electron chi connectivity index (χ1n) is 5.91. The Morgan fingerprint density at radius 2 is 2.12 bits per heavy atom. The maximum Gasteiger partial charge on any atom is 0.134 e. The van der Waals surface area contributed by atoms with E-state index in [1.54, 1.807) is 0 Å². The van der Waals surface area contributed by atoms with Gasteiger partial charge in [0.15, 0.2) is 0 Å². The summed E-state index contributed by atoms with van der Waals surface area (Å²) in [4.78, 5) is 12.7. The Balaban J connectivity index is 2.08. The van der Waals surface area contributed by atoms with Crippen LogP contribution >= 0.6 is 11.8 Å². The van der Waals surface area contributed by atoms with Crippen molar-refractivity contribution >= 4 is 17.5 Å². The van der Waals surface area contributed by atoms with Gasteiger partial charge in [0.1, 0.15) is 5.78 Å². The van der Waals surface area contributed by atoms with Gasteiger partial charge < -0.3 is 0 Å². The molecule has 1 atom stereocenters. The molecule has 1 aliphatic rings. The first-order chi connectivity index (χ1) is 7.65. The third-order valence-electron chi connectivity index (χ3n) is 3.07. The molecule has 0 aromatic heterocycles. The summed E-state index contributed by atoms with van der Waals surface area (Å²) in [6.45, 7) is 4.27. The zero-order chi connectivity index (χ0) is 11.5. The van der Waals surface area contributed by atoms with Crippen LogP contribution in [0.2, 0.25) is 0 Å². The van der Waals surface area contributed by atoms with Crippen molar-refractivity contribution in [3.63, 3.8) is 0 Å². The number of ketones is 1. The second-order valence-corrected chi connectivity index (χ2v) is 5.99. The minimum atomic E-state index is 0.439. The molecule has 0 amide bonds. The summed E-state index contributed by atoms with van der Waals surface area (Å²) >= 11 is 1.89. The molecule has 0 bridgehead atoms. The summed E-state index contributed by atoms with van der Waals surface area (Å²) in [6.07, 6.45) is 3.81. The second kappa shape index (κ2) is 5.05. The Morgan fingerprint density at radius 3 is 2.88 bits per heavy atom. The number of carbonyl (C=O) groups is 1. The lowest BCUT2D eigenvalue weighted by Gasteiger charge is -2.21. The first-order valence-corrected chi connectivity index (χ1v) is 6.79. The molecule has 1 saturated carbocycles. The third-order valence-corrected chi connectivity index (χ3v) is 4.50. The molecule has 0 spiro atoms. The molecule has 1 aliphatic carbocycles. The molecule has 0 aliphatic heterocycles. The maximum absolute atomic E-state index is 11.4. The van der Waals surface area contributed by atoms with Crippen LogP contribution in [0.1, 0.15) is 36.8 Å². The Morgan fingerprint density at radius 1 is 1.31 bits per heavy atom. The molecular weight excluding hydrogens is 216 g/mol. The van der Waals surface area contributed by atoms with Gasteiger partial charge in [-0.25, -0.2) is 0 Å². The lowest BCUT2D eigenvalue weighted by Crippen LogP contribution is -2.16. The van der Waals surface area contributed by atoms with Crippen LogP contribution in [0, 0.1) is 13.8 Å². The van der Waals surface area contributed by atoms with Crippen LogP contribution in [0.25, 0.3) is 0 Å². The predicted molar refractivity (Wildman–Crippen MR) is 69.0 cm³/mol. The molecule has 0 heterocycles. The van der Waals surface area contributed by atoms with Gasteiger partial charge in [0.2, 0.25) is 0 Å². The number of aryl methyl sites for hydroxylation is 2. The van der Waals surface area contributed by atoms with Gasteiger partial charge in [0.05, 0.1) is 0 Å². The fourth-order valence-corrected chi connectivity index (χ4v) is 3.52. The summed E-state index contributed by atoms with van der Waals surface area (Å²) in [5, 5.41) is 0.502. The van der Waals surface area contributed by atoms with Gasteiger partial charge in [-0.15, -0.1) is 11.8 Å². The Kier molecular flexibility index (Phi) is 3.70. The van der Waals surface area contributed by atoms with Crippen molar-refractivity contribution in [1.29, 1.82) is 0 Å². The van der Waals surface area contributed by atoms with Gasteiger partial charge in [-0.3, -0.25) is 4.79 Å². The highest BCUT2D eigenvalue weighted by atomic mass is 32.2. The average molecular weight is 234 g/mol. The van der Waals surface area contributed by atoms with Gasteiger partial charge >= 0.3 is 0 Å². The van der Waals surface area contributed by atoms with E-state index in [0.717, 1.165) is 19.3 Å². The number of carbonyl (C=O) groups excluding carboxylic acids is 1. The summed E-state index contributed by atoms with van der Waals surface area (Å²) in [7, 11) is 0. The molecule has 1 fully saturated rings. The molecule has 1 aromatic rings. The van der Waals surface area contributed by atoms with Crippen LogP contribution < -0.4 is 0 Å². The topological polar surface area (TPSA) is 17.1 Å². The number of thioether (sulfide) groups is 1. The number of benzene rings is 1. The molecule has 1 unspecified atom stereocenters. The quantitative estimate of drug-likeness (QED) is 0.772. The van der Waals surface area contributed by atoms with Crippen molar-refractivity contribution in [1.82, 2.24) is 0 Å². The summed E-state index contributed by atoms with van der Waals surface area (Å²) in [6, 6.07) is 6.55. The standard InChI is InChI=1S/C14H18OS/c1-10-6-7-11(2)14(8-10)16-13-5-3-4-12(15)9-13/h6-8,13H,3-5,9H2,1-2H3. The molecule has 2 rings (SSSR count). The molecule has 2 heteroatoms. The number of hydrogen-bond donors (Lipinski definition) is 0.